The van der Waals surface area contributed by atoms with Gasteiger partial charge in [0.15, 0.2) is 0 Å². The number of hydrogen-bond donors (Lipinski definition) is 2. The van der Waals surface area contributed by atoms with Gasteiger partial charge in [-0.05, 0) is 31.4 Å². The first kappa shape index (κ1) is 14.1. The van der Waals surface area contributed by atoms with Crippen LogP contribution >= 0.6 is 0 Å². The van der Waals surface area contributed by atoms with Gasteiger partial charge in [0.05, 0.1) is 6.10 Å². The number of aryl methyl sites for hydroxylation is 1. The average Bonchev–Trinajstić information content (AvgIpc) is 2.28. The lowest BCUT2D eigenvalue weighted by Gasteiger charge is -2.24. The first-order valence-corrected chi connectivity index (χ1v) is 6.10. The number of hydrogen-bond acceptors (Lipinski definition) is 2. The van der Waals surface area contributed by atoms with Gasteiger partial charge in [-0.1, -0.05) is 32.0 Å². The largest absolute Gasteiger partial charge is 0.388 e. The van der Waals surface area contributed by atoms with E-state index >= 15 is 0 Å². The number of rotatable bonds is 5. The van der Waals surface area contributed by atoms with Gasteiger partial charge in [0.2, 0.25) is 0 Å². The third-order valence-electron chi connectivity index (χ3n) is 3.06. The molecule has 17 heavy (non-hydrogen) atoms. The molecular formula is C14H22FNO. The number of halogens is 1. The zero-order valence-electron chi connectivity index (χ0n) is 10.8. The van der Waals surface area contributed by atoms with E-state index in [1.54, 1.807) is 25.1 Å². The second kappa shape index (κ2) is 6.12. The van der Waals surface area contributed by atoms with Gasteiger partial charge in [-0.2, -0.15) is 0 Å². The first-order chi connectivity index (χ1) is 7.97. The molecule has 0 aliphatic heterocycles. The van der Waals surface area contributed by atoms with E-state index in [1.165, 1.54) is 0 Å². The van der Waals surface area contributed by atoms with E-state index < -0.39 is 6.10 Å². The van der Waals surface area contributed by atoms with Gasteiger partial charge in [-0.3, -0.25) is 0 Å². The molecule has 3 heteroatoms. The molecular weight excluding hydrogens is 217 g/mol. The molecule has 2 nitrogen and oxygen atoms in total. The van der Waals surface area contributed by atoms with Gasteiger partial charge in [-0.25, -0.2) is 4.39 Å². The summed E-state index contributed by atoms with van der Waals surface area (Å²) in [5, 5.41) is 10.2. The Labute approximate surface area is 103 Å². The maximum atomic E-state index is 13.9. The lowest BCUT2D eigenvalue weighted by atomic mass is 9.88. The molecule has 0 radical (unpaired) electrons. The fourth-order valence-electron chi connectivity index (χ4n) is 2.11. The molecule has 0 saturated carbocycles. The van der Waals surface area contributed by atoms with Crippen LogP contribution in [0.2, 0.25) is 0 Å². The number of nitrogens with two attached hydrogens (primary N) is 1. The predicted molar refractivity (Wildman–Crippen MR) is 68.1 cm³/mol. The van der Waals surface area contributed by atoms with Crippen LogP contribution in [0.3, 0.4) is 0 Å². The van der Waals surface area contributed by atoms with Crippen LogP contribution in [-0.4, -0.2) is 11.7 Å². The number of aliphatic hydroxyl groups is 1. The Balaban J connectivity index is 2.93. The molecule has 96 valence electrons. The van der Waals surface area contributed by atoms with Crippen LogP contribution in [0, 0.1) is 24.6 Å². The summed E-state index contributed by atoms with van der Waals surface area (Å²) in [5.74, 6) is 0.0274. The smallest absolute Gasteiger partial charge is 0.131 e. The fourth-order valence-corrected chi connectivity index (χ4v) is 2.11. The summed E-state index contributed by atoms with van der Waals surface area (Å²) in [6.45, 7) is 6.21. The summed E-state index contributed by atoms with van der Waals surface area (Å²) in [4.78, 5) is 0. The Morgan fingerprint density at radius 1 is 1.35 bits per heavy atom. The Kier molecular flexibility index (Phi) is 5.09. The summed E-state index contributed by atoms with van der Waals surface area (Å²) >= 11 is 0. The highest BCUT2D eigenvalue weighted by molar-refractivity contribution is 5.27. The lowest BCUT2D eigenvalue weighted by Crippen LogP contribution is -2.24. The van der Waals surface area contributed by atoms with Crippen LogP contribution < -0.4 is 5.73 Å². The van der Waals surface area contributed by atoms with Crippen molar-refractivity contribution < 1.29 is 9.50 Å². The second-order valence-corrected chi connectivity index (χ2v) is 5.05. The van der Waals surface area contributed by atoms with Gasteiger partial charge in [-0.15, -0.1) is 0 Å². The standard InChI is InChI=1S/C14H22FNO/c1-9(2)7-11(8-16)14(17)12-6-4-5-10(3)13(12)15/h4-6,9,11,14,17H,7-8,16H2,1-3H3. The summed E-state index contributed by atoms with van der Waals surface area (Å²) in [5.41, 5.74) is 6.58. The van der Waals surface area contributed by atoms with Crippen LogP contribution in [0.4, 0.5) is 4.39 Å². The van der Waals surface area contributed by atoms with Crippen LogP contribution in [0.5, 0.6) is 0 Å². The zero-order valence-corrected chi connectivity index (χ0v) is 10.8. The molecule has 1 aromatic carbocycles. The van der Waals surface area contributed by atoms with Crippen LogP contribution in [0.15, 0.2) is 18.2 Å². The van der Waals surface area contributed by atoms with E-state index in [9.17, 15) is 9.50 Å². The minimum absolute atomic E-state index is 0.0914. The Hall–Kier alpha value is -0.930. The van der Waals surface area contributed by atoms with Crippen molar-refractivity contribution >= 4 is 0 Å². The summed E-state index contributed by atoms with van der Waals surface area (Å²) in [6.07, 6.45) is -0.0206. The van der Waals surface area contributed by atoms with Crippen molar-refractivity contribution in [2.45, 2.75) is 33.3 Å². The van der Waals surface area contributed by atoms with E-state index in [0.717, 1.165) is 6.42 Å². The minimum Gasteiger partial charge on any atom is -0.388 e. The molecule has 0 bridgehead atoms. The third kappa shape index (κ3) is 3.51. The van der Waals surface area contributed by atoms with E-state index in [1.807, 2.05) is 0 Å². The summed E-state index contributed by atoms with van der Waals surface area (Å²) in [7, 11) is 0. The molecule has 2 unspecified atom stereocenters. The fraction of sp³-hybridized carbons (Fsp3) is 0.571. The Morgan fingerprint density at radius 2 is 2.00 bits per heavy atom. The molecule has 0 heterocycles. The molecule has 0 aliphatic rings. The van der Waals surface area contributed by atoms with Gasteiger partial charge in [0.25, 0.3) is 0 Å². The van der Waals surface area contributed by atoms with Crippen molar-refractivity contribution in [3.63, 3.8) is 0 Å². The molecule has 1 aromatic rings. The van der Waals surface area contributed by atoms with Gasteiger partial charge in [0.1, 0.15) is 5.82 Å². The SMILES string of the molecule is Cc1cccc(C(O)C(CN)CC(C)C)c1F. The Bertz CT molecular complexity index is 365. The predicted octanol–water partition coefficient (Wildman–Crippen LogP) is 2.79. The highest BCUT2D eigenvalue weighted by atomic mass is 19.1. The van der Waals surface area contributed by atoms with E-state index in [4.69, 9.17) is 5.73 Å². The maximum absolute atomic E-state index is 13.9. The monoisotopic (exact) mass is 239 g/mol. The van der Waals surface area contributed by atoms with Crippen molar-refractivity contribution in [2.75, 3.05) is 6.54 Å². The highest BCUT2D eigenvalue weighted by Gasteiger charge is 2.23. The average molecular weight is 239 g/mol. The number of aliphatic hydroxyl groups excluding tert-OH is 1. The molecule has 3 N–H and O–H groups in total. The van der Waals surface area contributed by atoms with Crippen molar-refractivity contribution in [3.8, 4) is 0 Å². The van der Waals surface area contributed by atoms with Crippen molar-refractivity contribution in [2.24, 2.45) is 17.6 Å². The van der Waals surface area contributed by atoms with E-state index in [2.05, 4.69) is 13.8 Å². The quantitative estimate of drug-likeness (QED) is 0.830. The maximum Gasteiger partial charge on any atom is 0.131 e. The zero-order chi connectivity index (χ0) is 13.0. The van der Waals surface area contributed by atoms with Crippen LogP contribution in [-0.2, 0) is 0 Å². The molecule has 0 aromatic heterocycles. The number of benzene rings is 1. The normalized spacial score (nSPS) is 15.0. The van der Waals surface area contributed by atoms with Crippen molar-refractivity contribution in [1.82, 2.24) is 0 Å². The third-order valence-corrected chi connectivity index (χ3v) is 3.06. The molecule has 1 rings (SSSR count). The molecule has 0 spiro atoms. The summed E-state index contributed by atoms with van der Waals surface area (Å²) < 4.78 is 13.9. The Morgan fingerprint density at radius 3 is 2.53 bits per heavy atom. The van der Waals surface area contributed by atoms with Crippen LogP contribution in [0.25, 0.3) is 0 Å². The molecule has 0 saturated heterocycles. The first-order valence-electron chi connectivity index (χ1n) is 6.10. The molecule has 0 fully saturated rings. The molecule has 0 amide bonds. The van der Waals surface area contributed by atoms with Gasteiger partial charge < -0.3 is 10.8 Å². The highest BCUT2D eigenvalue weighted by Crippen LogP contribution is 2.29. The lowest BCUT2D eigenvalue weighted by molar-refractivity contribution is 0.0958. The van der Waals surface area contributed by atoms with Gasteiger partial charge in [0, 0.05) is 11.5 Å². The summed E-state index contributed by atoms with van der Waals surface area (Å²) in [6, 6.07) is 5.10. The van der Waals surface area contributed by atoms with E-state index in [0.29, 0.717) is 23.6 Å². The molecule has 2 atom stereocenters. The topological polar surface area (TPSA) is 46.2 Å². The van der Waals surface area contributed by atoms with E-state index in [-0.39, 0.29) is 11.7 Å². The van der Waals surface area contributed by atoms with Crippen molar-refractivity contribution in [3.05, 3.63) is 35.1 Å². The minimum atomic E-state index is -0.817. The second-order valence-electron chi connectivity index (χ2n) is 5.05. The molecule has 0 aliphatic carbocycles. The van der Waals surface area contributed by atoms with Crippen LogP contribution in [0.1, 0.15) is 37.5 Å². The van der Waals surface area contributed by atoms with Gasteiger partial charge >= 0.3 is 0 Å². The van der Waals surface area contributed by atoms with Crippen molar-refractivity contribution in [1.29, 1.82) is 0 Å².